The smallest absolute Gasteiger partial charge is 0.396 e. The lowest BCUT2D eigenvalue weighted by atomic mass is 10.2. The molecule has 4 nitrogen and oxygen atoms in total. The van der Waals surface area contributed by atoms with E-state index in [4.69, 9.17) is 14.4 Å². The molecule has 1 aromatic carbocycles. The molecule has 0 radical (unpaired) electrons. The van der Waals surface area contributed by atoms with E-state index in [1.807, 2.05) is 6.07 Å². The minimum absolute atomic E-state index is 0.363. The Kier molecular flexibility index (Phi) is 1.98. The quantitative estimate of drug-likeness (QED) is 0.714. The van der Waals surface area contributed by atoms with Crippen LogP contribution in [0.5, 0.6) is 5.75 Å². The molecule has 14 heavy (non-hydrogen) atoms. The molecule has 0 unspecified atom stereocenters. The Morgan fingerprint density at radius 3 is 3.00 bits per heavy atom. The molecule has 0 aliphatic carbocycles. The van der Waals surface area contributed by atoms with Crippen molar-refractivity contribution in [3.05, 3.63) is 27.4 Å². The van der Waals surface area contributed by atoms with Gasteiger partial charge in [-0.15, -0.1) is 0 Å². The van der Waals surface area contributed by atoms with E-state index in [-0.39, 0.29) is 4.94 Å². The average molecular weight is 207 g/mol. The molecule has 0 aliphatic heterocycles. The van der Waals surface area contributed by atoms with Gasteiger partial charge < -0.3 is 9.15 Å². The molecule has 0 fully saturated rings. The average Bonchev–Trinajstić information content (AvgIpc) is 2.54. The van der Waals surface area contributed by atoms with Gasteiger partial charge in [-0.05, 0) is 0 Å². The highest BCUT2D eigenvalue weighted by Gasteiger charge is 2.08. The van der Waals surface area contributed by atoms with Gasteiger partial charge in [-0.1, -0.05) is 11.3 Å². The molecule has 5 heteroatoms. The van der Waals surface area contributed by atoms with Gasteiger partial charge in [0.25, 0.3) is 0 Å². The van der Waals surface area contributed by atoms with Crippen molar-refractivity contribution in [2.24, 2.45) is 0 Å². The highest BCUT2D eigenvalue weighted by atomic mass is 32.1. The minimum Gasteiger partial charge on any atom is -0.495 e. The van der Waals surface area contributed by atoms with Crippen LogP contribution < -0.4 is 9.68 Å². The Hall–Kier alpha value is -1.80. The zero-order valence-electron chi connectivity index (χ0n) is 7.23. The number of hydrogen-bond donors (Lipinski definition) is 0. The zero-order valence-corrected chi connectivity index (χ0v) is 8.05. The molecule has 0 atom stereocenters. The summed E-state index contributed by atoms with van der Waals surface area (Å²) < 4.78 is 10.5. The van der Waals surface area contributed by atoms with Gasteiger partial charge in [-0.2, -0.15) is 5.26 Å². The Balaban J connectivity index is 2.82. The lowest BCUT2D eigenvalue weighted by Gasteiger charge is -2.00. The second-order valence-electron chi connectivity index (χ2n) is 2.57. The van der Waals surface area contributed by atoms with Crippen LogP contribution in [0.2, 0.25) is 0 Å². The van der Waals surface area contributed by atoms with Crippen LogP contribution in [0.4, 0.5) is 0 Å². The fourth-order valence-electron chi connectivity index (χ4n) is 1.16. The highest BCUT2D eigenvalue weighted by molar-refractivity contribution is 7.16. The van der Waals surface area contributed by atoms with E-state index in [0.29, 0.717) is 21.6 Å². The fraction of sp³-hybridized carbons (Fsp3) is 0.111. The van der Waals surface area contributed by atoms with Gasteiger partial charge in [0.2, 0.25) is 0 Å². The molecule has 2 aromatic rings. The summed E-state index contributed by atoms with van der Waals surface area (Å²) in [7, 11) is 1.48. The molecule has 0 spiro atoms. The van der Waals surface area contributed by atoms with Gasteiger partial charge in [0.1, 0.15) is 11.8 Å². The summed E-state index contributed by atoms with van der Waals surface area (Å²) in [5.41, 5.74) is 0.791. The zero-order chi connectivity index (χ0) is 10.1. The van der Waals surface area contributed by atoms with Crippen molar-refractivity contribution in [2.75, 3.05) is 7.11 Å². The lowest BCUT2D eigenvalue weighted by molar-refractivity contribution is 0.414. The van der Waals surface area contributed by atoms with Crippen molar-refractivity contribution >= 4 is 21.6 Å². The predicted octanol–water partition coefficient (Wildman–Crippen LogP) is 1.73. The fourth-order valence-corrected chi connectivity index (χ4v) is 1.84. The molecular formula is C9H5NO3S. The maximum atomic E-state index is 10.9. The molecule has 0 saturated carbocycles. The van der Waals surface area contributed by atoms with E-state index in [1.54, 1.807) is 6.07 Å². The maximum absolute atomic E-state index is 10.9. The lowest BCUT2D eigenvalue weighted by Crippen LogP contribution is -1.86. The summed E-state index contributed by atoms with van der Waals surface area (Å²) >= 11 is 0.989. The molecular weight excluding hydrogens is 202 g/mol. The van der Waals surface area contributed by atoms with E-state index >= 15 is 0 Å². The Bertz CT molecular complexity index is 576. The molecule has 1 heterocycles. The van der Waals surface area contributed by atoms with E-state index in [0.717, 1.165) is 11.3 Å². The first kappa shape index (κ1) is 8.78. The second kappa shape index (κ2) is 3.16. The molecule has 70 valence electrons. The number of ether oxygens (including phenoxy) is 1. The molecule has 1 aromatic heterocycles. The van der Waals surface area contributed by atoms with Gasteiger partial charge >= 0.3 is 4.94 Å². The number of hydrogen-bond acceptors (Lipinski definition) is 5. The molecule has 0 amide bonds. The maximum Gasteiger partial charge on any atom is 0.396 e. The third-order valence-corrected chi connectivity index (χ3v) is 2.56. The molecule has 0 N–H and O–H groups in total. The summed E-state index contributed by atoms with van der Waals surface area (Å²) in [5, 5.41) is 8.77. The van der Waals surface area contributed by atoms with Crippen LogP contribution in [-0.2, 0) is 0 Å². The van der Waals surface area contributed by atoms with Gasteiger partial charge in [-0.3, -0.25) is 0 Å². The van der Waals surface area contributed by atoms with Gasteiger partial charge in [0.05, 0.1) is 17.4 Å². The molecule has 2 rings (SSSR count). The summed E-state index contributed by atoms with van der Waals surface area (Å²) in [5.74, 6) is 0.456. The van der Waals surface area contributed by atoms with Crippen molar-refractivity contribution in [1.82, 2.24) is 0 Å². The highest BCUT2D eigenvalue weighted by Crippen LogP contribution is 2.26. The third-order valence-electron chi connectivity index (χ3n) is 1.77. The number of fused-ring (bicyclic) bond motifs is 1. The Labute approximate surface area is 83.0 Å². The number of benzene rings is 1. The van der Waals surface area contributed by atoms with Crippen LogP contribution in [0, 0.1) is 11.3 Å². The van der Waals surface area contributed by atoms with E-state index < -0.39 is 0 Å². The van der Waals surface area contributed by atoms with Crippen LogP contribution in [0.15, 0.2) is 21.3 Å². The van der Waals surface area contributed by atoms with E-state index in [1.165, 1.54) is 13.2 Å². The largest absolute Gasteiger partial charge is 0.495 e. The number of rotatable bonds is 1. The molecule has 0 bridgehead atoms. The summed E-state index contributed by atoms with van der Waals surface area (Å²) in [6.45, 7) is 0. The number of methoxy groups -OCH3 is 1. The third kappa shape index (κ3) is 1.26. The number of nitriles is 1. The van der Waals surface area contributed by atoms with Gasteiger partial charge in [0, 0.05) is 12.1 Å². The number of nitrogens with zero attached hydrogens (tertiary/aromatic N) is 1. The van der Waals surface area contributed by atoms with Crippen molar-refractivity contribution in [3.63, 3.8) is 0 Å². The van der Waals surface area contributed by atoms with Crippen LogP contribution in [0.25, 0.3) is 10.3 Å². The Morgan fingerprint density at radius 2 is 2.36 bits per heavy atom. The first-order valence-electron chi connectivity index (χ1n) is 3.76. The monoisotopic (exact) mass is 207 g/mol. The summed E-state index contributed by atoms with van der Waals surface area (Å²) in [4.78, 5) is 10.5. The van der Waals surface area contributed by atoms with E-state index in [9.17, 15) is 4.79 Å². The topological polar surface area (TPSA) is 63.2 Å². The van der Waals surface area contributed by atoms with Crippen LogP contribution in [0.1, 0.15) is 5.56 Å². The van der Waals surface area contributed by atoms with Crippen molar-refractivity contribution in [3.8, 4) is 11.8 Å². The Morgan fingerprint density at radius 1 is 1.57 bits per heavy atom. The minimum atomic E-state index is -0.378. The van der Waals surface area contributed by atoms with Crippen molar-refractivity contribution < 1.29 is 9.15 Å². The SMILES string of the molecule is COc1cc2sc(=O)oc2cc1C#N. The van der Waals surface area contributed by atoms with Crippen molar-refractivity contribution in [2.45, 2.75) is 0 Å². The van der Waals surface area contributed by atoms with Gasteiger partial charge in [0.15, 0.2) is 5.58 Å². The van der Waals surface area contributed by atoms with Crippen molar-refractivity contribution in [1.29, 1.82) is 5.26 Å². The molecule has 0 aliphatic rings. The van der Waals surface area contributed by atoms with E-state index in [2.05, 4.69) is 0 Å². The van der Waals surface area contributed by atoms with Crippen LogP contribution in [-0.4, -0.2) is 7.11 Å². The summed E-state index contributed by atoms with van der Waals surface area (Å²) in [6.07, 6.45) is 0. The molecule has 0 saturated heterocycles. The van der Waals surface area contributed by atoms with Crippen LogP contribution >= 0.6 is 11.3 Å². The normalized spacial score (nSPS) is 10.0. The predicted molar refractivity (Wildman–Crippen MR) is 51.6 cm³/mol. The first-order chi connectivity index (χ1) is 6.74. The second-order valence-corrected chi connectivity index (χ2v) is 3.54. The van der Waals surface area contributed by atoms with Gasteiger partial charge in [-0.25, -0.2) is 4.79 Å². The van der Waals surface area contributed by atoms with Crippen LogP contribution in [0.3, 0.4) is 0 Å². The summed E-state index contributed by atoms with van der Waals surface area (Å²) in [6, 6.07) is 5.10. The first-order valence-corrected chi connectivity index (χ1v) is 4.58. The standard InChI is InChI=1S/C9H5NO3S/c1-12-6-3-8-7(2-5(6)4-10)13-9(11)14-8/h2-3H,1H3.